The number of rotatable bonds is 1. The van der Waals surface area contributed by atoms with Crippen molar-refractivity contribution in [2.45, 2.75) is 0 Å². The highest BCUT2D eigenvalue weighted by Crippen LogP contribution is 2.40. The van der Waals surface area contributed by atoms with Gasteiger partial charge in [0.15, 0.2) is 0 Å². The summed E-state index contributed by atoms with van der Waals surface area (Å²) in [4.78, 5) is 0. The van der Waals surface area contributed by atoms with Gasteiger partial charge in [-0.1, -0.05) is 84.9 Å². The maximum atomic E-state index is 6.21. The van der Waals surface area contributed by atoms with Crippen LogP contribution in [-0.4, -0.2) is 0 Å². The average molecular weight is 394 g/mol. The molecule has 1 heteroatoms. The van der Waals surface area contributed by atoms with Crippen LogP contribution in [0.4, 0.5) is 0 Å². The topological polar surface area (TPSA) is 13.1 Å². The summed E-state index contributed by atoms with van der Waals surface area (Å²) in [7, 11) is 0. The van der Waals surface area contributed by atoms with E-state index in [1.54, 1.807) is 0 Å². The zero-order valence-electron chi connectivity index (χ0n) is 16.8. The summed E-state index contributed by atoms with van der Waals surface area (Å²) >= 11 is 0. The molecule has 6 aromatic carbocycles. The molecule has 0 aliphatic carbocycles. The van der Waals surface area contributed by atoms with Gasteiger partial charge in [-0.25, -0.2) is 0 Å². The van der Waals surface area contributed by atoms with Crippen molar-refractivity contribution in [2.75, 3.05) is 0 Å². The van der Waals surface area contributed by atoms with Crippen molar-refractivity contribution in [3.05, 3.63) is 109 Å². The van der Waals surface area contributed by atoms with Crippen LogP contribution in [-0.2, 0) is 0 Å². The van der Waals surface area contributed by atoms with Gasteiger partial charge in [-0.2, -0.15) is 0 Å². The highest BCUT2D eigenvalue weighted by Gasteiger charge is 2.14. The zero-order chi connectivity index (χ0) is 20.4. The lowest BCUT2D eigenvalue weighted by atomic mass is 9.91. The van der Waals surface area contributed by atoms with Crippen molar-refractivity contribution < 1.29 is 4.42 Å². The maximum Gasteiger partial charge on any atom is 0.136 e. The second-order valence-corrected chi connectivity index (χ2v) is 8.16. The fourth-order valence-corrected chi connectivity index (χ4v) is 4.98. The third kappa shape index (κ3) is 2.38. The fourth-order valence-electron chi connectivity index (χ4n) is 4.98. The van der Waals surface area contributed by atoms with E-state index in [-0.39, 0.29) is 0 Å². The fraction of sp³-hybridized carbons (Fsp3) is 0. The standard InChI is InChI=1S/C30H18O/c1-2-8-19(9-3-1)20-14-15-23-25(16-20)21-10-4-5-11-22(21)26-17-28-24-12-6-7-13-29(24)31-30(28)18-27(23)26/h1-18H. The van der Waals surface area contributed by atoms with Crippen molar-refractivity contribution in [3.63, 3.8) is 0 Å². The maximum absolute atomic E-state index is 6.21. The molecule has 144 valence electrons. The predicted octanol–water partition coefficient (Wildman–Crippen LogP) is 8.71. The molecule has 1 nitrogen and oxygen atoms in total. The summed E-state index contributed by atoms with van der Waals surface area (Å²) in [5.41, 5.74) is 4.36. The Bertz CT molecular complexity index is 1770. The molecule has 0 saturated carbocycles. The van der Waals surface area contributed by atoms with Crippen LogP contribution in [0.5, 0.6) is 0 Å². The lowest BCUT2D eigenvalue weighted by molar-refractivity contribution is 0.669. The van der Waals surface area contributed by atoms with Crippen molar-refractivity contribution in [1.82, 2.24) is 0 Å². The highest BCUT2D eigenvalue weighted by atomic mass is 16.3. The van der Waals surface area contributed by atoms with Crippen LogP contribution in [0.25, 0.3) is 65.4 Å². The van der Waals surface area contributed by atoms with Crippen LogP contribution < -0.4 is 0 Å². The van der Waals surface area contributed by atoms with Crippen molar-refractivity contribution in [1.29, 1.82) is 0 Å². The monoisotopic (exact) mass is 394 g/mol. The van der Waals surface area contributed by atoms with E-state index in [1.165, 1.54) is 54.2 Å². The number of benzene rings is 6. The van der Waals surface area contributed by atoms with Gasteiger partial charge < -0.3 is 4.42 Å². The molecule has 7 rings (SSSR count). The van der Waals surface area contributed by atoms with Gasteiger partial charge in [-0.05, 0) is 67.7 Å². The molecule has 0 saturated heterocycles. The zero-order valence-corrected chi connectivity index (χ0v) is 16.8. The molecule has 1 heterocycles. The molecule has 0 spiro atoms. The number of hydrogen-bond donors (Lipinski definition) is 0. The average Bonchev–Trinajstić information content (AvgIpc) is 3.21. The molecule has 0 unspecified atom stereocenters. The number of fused-ring (bicyclic) bond motifs is 9. The largest absolute Gasteiger partial charge is 0.456 e. The second-order valence-electron chi connectivity index (χ2n) is 8.16. The van der Waals surface area contributed by atoms with Crippen LogP contribution in [0.1, 0.15) is 0 Å². The molecule has 0 fully saturated rings. The van der Waals surface area contributed by atoms with E-state index in [0.29, 0.717) is 0 Å². The van der Waals surface area contributed by atoms with Crippen LogP contribution in [0.15, 0.2) is 114 Å². The normalized spacial score (nSPS) is 11.9. The third-order valence-corrected chi connectivity index (χ3v) is 6.44. The first-order valence-corrected chi connectivity index (χ1v) is 10.6. The minimum atomic E-state index is 0.938. The van der Waals surface area contributed by atoms with Gasteiger partial charge in [0.25, 0.3) is 0 Å². The summed E-state index contributed by atoms with van der Waals surface area (Å²) in [6.07, 6.45) is 0. The number of para-hydroxylation sites is 1. The number of furan rings is 1. The Balaban J connectivity index is 1.67. The quantitative estimate of drug-likeness (QED) is 0.254. The Morgan fingerprint density at radius 1 is 0.323 bits per heavy atom. The van der Waals surface area contributed by atoms with E-state index in [9.17, 15) is 0 Å². The first-order valence-electron chi connectivity index (χ1n) is 10.6. The molecule has 7 aromatic rings. The van der Waals surface area contributed by atoms with Crippen LogP contribution >= 0.6 is 0 Å². The summed E-state index contributed by atoms with van der Waals surface area (Å²) < 4.78 is 6.21. The molecular weight excluding hydrogens is 376 g/mol. The van der Waals surface area contributed by atoms with E-state index in [0.717, 1.165) is 11.2 Å². The van der Waals surface area contributed by atoms with Crippen molar-refractivity contribution in [3.8, 4) is 11.1 Å². The predicted molar refractivity (Wildman–Crippen MR) is 132 cm³/mol. The van der Waals surface area contributed by atoms with Crippen LogP contribution in [0.3, 0.4) is 0 Å². The van der Waals surface area contributed by atoms with E-state index in [2.05, 4.69) is 97.1 Å². The molecule has 1 aromatic heterocycles. The second kappa shape index (κ2) is 6.20. The van der Waals surface area contributed by atoms with Gasteiger partial charge in [0, 0.05) is 10.8 Å². The Kier molecular flexibility index (Phi) is 3.33. The molecule has 0 bridgehead atoms. The molecule has 0 radical (unpaired) electrons. The van der Waals surface area contributed by atoms with E-state index in [1.807, 2.05) is 12.1 Å². The molecule has 31 heavy (non-hydrogen) atoms. The highest BCUT2D eigenvalue weighted by molar-refractivity contribution is 6.28. The minimum Gasteiger partial charge on any atom is -0.456 e. The molecule has 0 atom stereocenters. The summed E-state index contributed by atoms with van der Waals surface area (Å²) in [5.74, 6) is 0. The minimum absolute atomic E-state index is 0.938. The van der Waals surface area contributed by atoms with Gasteiger partial charge in [0.05, 0.1) is 0 Å². The van der Waals surface area contributed by atoms with Gasteiger partial charge >= 0.3 is 0 Å². The first kappa shape index (κ1) is 16.7. The summed E-state index contributed by atoms with van der Waals surface area (Å²) in [6, 6.07) is 39.0. The smallest absolute Gasteiger partial charge is 0.136 e. The summed E-state index contributed by atoms with van der Waals surface area (Å²) in [5, 5.41) is 9.96. The Morgan fingerprint density at radius 3 is 1.74 bits per heavy atom. The third-order valence-electron chi connectivity index (χ3n) is 6.44. The molecular formula is C30H18O. The lowest BCUT2D eigenvalue weighted by Gasteiger charge is -2.12. The van der Waals surface area contributed by atoms with Crippen LogP contribution in [0, 0.1) is 0 Å². The SMILES string of the molecule is c1ccc(-c2ccc3c(c2)c2ccccc2c2cc4c(cc32)oc2ccccc24)cc1. The Labute approximate surface area is 179 Å². The van der Waals surface area contributed by atoms with Crippen molar-refractivity contribution >= 4 is 54.3 Å². The molecule has 0 aliphatic heterocycles. The summed E-state index contributed by atoms with van der Waals surface area (Å²) in [6.45, 7) is 0. The van der Waals surface area contributed by atoms with Gasteiger partial charge in [0.2, 0.25) is 0 Å². The molecule has 0 aliphatic rings. The Morgan fingerprint density at radius 2 is 0.935 bits per heavy atom. The number of hydrogen-bond acceptors (Lipinski definition) is 1. The molecule has 0 N–H and O–H groups in total. The first-order chi connectivity index (χ1) is 15.4. The lowest BCUT2D eigenvalue weighted by Crippen LogP contribution is -1.85. The van der Waals surface area contributed by atoms with Gasteiger partial charge in [-0.3, -0.25) is 0 Å². The van der Waals surface area contributed by atoms with Gasteiger partial charge in [0.1, 0.15) is 11.2 Å². The van der Waals surface area contributed by atoms with Crippen molar-refractivity contribution in [2.24, 2.45) is 0 Å². The van der Waals surface area contributed by atoms with Gasteiger partial charge in [-0.15, -0.1) is 0 Å². The van der Waals surface area contributed by atoms with E-state index >= 15 is 0 Å². The molecule has 0 amide bonds. The van der Waals surface area contributed by atoms with E-state index in [4.69, 9.17) is 4.42 Å². The van der Waals surface area contributed by atoms with E-state index < -0.39 is 0 Å². The van der Waals surface area contributed by atoms with Crippen LogP contribution in [0.2, 0.25) is 0 Å². The Hall–Kier alpha value is -4.10.